The second-order valence-corrected chi connectivity index (χ2v) is 25.0. The zero-order valence-electron chi connectivity index (χ0n) is 54.5. The summed E-state index contributed by atoms with van der Waals surface area (Å²) in [6.07, 6.45) is 80.1. The molecule has 0 spiro atoms. The Labute approximate surface area is 513 Å². The highest BCUT2D eigenvalue weighted by molar-refractivity contribution is 5.76. The number of carbonyl (C=O) groups is 1. The average molecular weight is 1170 g/mol. The lowest BCUT2D eigenvalue weighted by Gasteiger charge is -2.40. The number of ether oxygens (including phenoxy) is 2. The van der Waals surface area contributed by atoms with Gasteiger partial charge >= 0.3 is 0 Å². The van der Waals surface area contributed by atoms with E-state index in [1.54, 1.807) is 0 Å². The summed E-state index contributed by atoms with van der Waals surface area (Å²) in [4.78, 5) is 13.2. The summed E-state index contributed by atoms with van der Waals surface area (Å²) in [5.74, 6) is -0.137. The van der Waals surface area contributed by atoms with Crippen LogP contribution in [0.2, 0.25) is 0 Å². The number of aliphatic hydroxyl groups is 5. The van der Waals surface area contributed by atoms with Crippen molar-refractivity contribution in [1.29, 1.82) is 0 Å². The van der Waals surface area contributed by atoms with Gasteiger partial charge in [-0.1, -0.05) is 344 Å². The molecule has 1 aliphatic rings. The van der Waals surface area contributed by atoms with Gasteiger partial charge in [-0.25, -0.2) is 0 Å². The fraction of sp³-hybridized carbons (Fsp3) is 0.851. The Morgan fingerprint density at radius 2 is 0.747 bits per heavy atom. The maximum Gasteiger partial charge on any atom is 0.220 e. The molecule has 1 amide bonds. The maximum absolute atomic E-state index is 13.2. The van der Waals surface area contributed by atoms with Crippen molar-refractivity contribution in [3.05, 3.63) is 60.8 Å². The van der Waals surface area contributed by atoms with Crippen LogP contribution in [0.4, 0.5) is 0 Å². The lowest BCUT2D eigenvalue weighted by molar-refractivity contribution is -0.302. The van der Waals surface area contributed by atoms with E-state index in [1.807, 2.05) is 0 Å². The van der Waals surface area contributed by atoms with Gasteiger partial charge in [-0.15, -0.1) is 0 Å². The Hall–Kier alpha value is -2.11. The molecule has 486 valence electrons. The molecule has 1 fully saturated rings. The molecule has 0 aromatic carbocycles. The predicted molar refractivity (Wildman–Crippen MR) is 355 cm³/mol. The smallest absolute Gasteiger partial charge is 0.220 e. The number of amides is 1. The summed E-state index contributed by atoms with van der Waals surface area (Å²) in [7, 11) is 0. The molecule has 9 nitrogen and oxygen atoms in total. The molecule has 6 N–H and O–H groups in total. The van der Waals surface area contributed by atoms with Crippen LogP contribution in [0, 0.1) is 0 Å². The van der Waals surface area contributed by atoms with Crippen LogP contribution in [-0.4, -0.2) is 87.5 Å². The van der Waals surface area contributed by atoms with Crippen LogP contribution in [0.3, 0.4) is 0 Å². The van der Waals surface area contributed by atoms with Gasteiger partial charge in [0.2, 0.25) is 5.91 Å². The molecular formula is C74H137NO8. The number of rotatable bonds is 63. The molecule has 0 aromatic heterocycles. The van der Waals surface area contributed by atoms with E-state index in [9.17, 15) is 30.3 Å². The minimum atomic E-state index is -1.55. The molecule has 83 heavy (non-hydrogen) atoms. The van der Waals surface area contributed by atoms with Crippen molar-refractivity contribution in [1.82, 2.24) is 5.32 Å². The first kappa shape index (κ1) is 78.9. The van der Waals surface area contributed by atoms with E-state index < -0.39 is 49.5 Å². The second-order valence-electron chi connectivity index (χ2n) is 25.0. The Kier molecular flexibility index (Phi) is 59.8. The molecule has 0 radical (unpaired) electrons. The first-order valence-electron chi connectivity index (χ1n) is 36.0. The molecule has 1 heterocycles. The van der Waals surface area contributed by atoms with Gasteiger partial charge in [-0.2, -0.15) is 0 Å². The first-order chi connectivity index (χ1) is 40.8. The van der Waals surface area contributed by atoms with Gasteiger partial charge in [0.25, 0.3) is 0 Å². The number of hydrogen-bond acceptors (Lipinski definition) is 8. The third kappa shape index (κ3) is 51.6. The van der Waals surface area contributed by atoms with Crippen LogP contribution >= 0.6 is 0 Å². The van der Waals surface area contributed by atoms with Gasteiger partial charge in [0.05, 0.1) is 25.4 Å². The summed E-state index contributed by atoms with van der Waals surface area (Å²) in [5, 5.41) is 54.9. The Morgan fingerprint density at radius 3 is 1.11 bits per heavy atom. The topological polar surface area (TPSA) is 149 Å². The van der Waals surface area contributed by atoms with Crippen LogP contribution in [0.5, 0.6) is 0 Å². The number of carbonyl (C=O) groups excluding carboxylic acids is 1. The number of hydrogen-bond donors (Lipinski definition) is 6. The van der Waals surface area contributed by atoms with Crippen molar-refractivity contribution >= 4 is 5.91 Å². The highest BCUT2D eigenvalue weighted by Crippen LogP contribution is 2.24. The average Bonchev–Trinajstić information content (AvgIpc) is 3.60. The third-order valence-electron chi connectivity index (χ3n) is 17.1. The van der Waals surface area contributed by atoms with Crippen molar-refractivity contribution in [3.63, 3.8) is 0 Å². The first-order valence-corrected chi connectivity index (χ1v) is 36.0. The van der Waals surface area contributed by atoms with Crippen LogP contribution < -0.4 is 5.32 Å². The molecule has 1 saturated heterocycles. The van der Waals surface area contributed by atoms with Crippen molar-refractivity contribution in [2.75, 3.05) is 13.2 Å². The van der Waals surface area contributed by atoms with Gasteiger partial charge in [0, 0.05) is 6.42 Å². The van der Waals surface area contributed by atoms with Crippen LogP contribution in [0.1, 0.15) is 348 Å². The summed E-state index contributed by atoms with van der Waals surface area (Å²) in [6.45, 7) is 3.77. The Balaban J connectivity index is 2.05. The van der Waals surface area contributed by atoms with Crippen LogP contribution in [-0.2, 0) is 14.3 Å². The summed E-state index contributed by atoms with van der Waals surface area (Å²) in [5.41, 5.74) is 0. The van der Waals surface area contributed by atoms with Gasteiger partial charge in [-0.3, -0.25) is 4.79 Å². The number of unbranched alkanes of at least 4 members (excludes halogenated alkanes) is 43. The fourth-order valence-electron chi connectivity index (χ4n) is 11.5. The van der Waals surface area contributed by atoms with Gasteiger partial charge < -0.3 is 40.3 Å². The van der Waals surface area contributed by atoms with E-state index in [0.29, 0.717) is 12.8 Å². The van der Waals surface area contributed by atoms with Gasteiger partial charge in [0.15, 0.2) is 6.29 Å². The van der Waals surface area contributed by atoms with E-state index >= 15 is 0 Å². The molecule has 7 unspecified atom stereocenters. The third-order valence-corrected chi connectivity index (χ3v) is 17.1. The number of allylic oxidation sites excluding steroid dienone is 10. The predicted octanol–water partition coefficient (Wildman–Crippen LogP) is 19.8. The van der Waals surface area contributed by atoms with E-state index in [4.69, 9.17) is 9.47 Å². The van der Waals surface area contributed by atoms with Crippen LogP contribution in [0.25, 0.3) is 0 Å². The SMILES string of the molecule is CC/C=C\C/C=C\C/C=C\C/C=C\C/C=C\CCCCCCCCCCCCCCCCCCCCCCCCCC(=O)NC(COC1OC(CO)C(O)C(O)C1O)C(O)CCCCCCCCCCCCCCCCCCCCCCC. The van der Waals surface area contributed by atoms with Crippen LogP contribution in [0.15, 0.2) is 60.8 Å². The molecule has 0 aliphatic carbocycles. The normalized spacial score (nSPS) is 18.6. The Morgan fingerprint density at radius 1 is 0.422 bits per heavy atom. The standard InChI is InChI=1S/C74H137NO8/c1-3-5-7-9-11-13-15-17-19-21-23-25-26-27-28-29-30-31-32-33-34-35-36-37-38-39-40-41-42-44-46-48-50-52-54-56-58-60-62-64-70(78)75-67(66-82-74-73(81)72(80)71(79)69(65-76)83-74)68(77)63-61-59-57-55-53-51-49-47-45-43-24-22-20-18-16-14-12-10-8-6-4-2/h5,7,11,13,17,19,23,25,27-28,67-69,71-74,76-77,79-81H,3-4,6,8-10,12,14-16,18,20-22,24,26,29-66H2,1-2H3,(H,75,78)/b7-5-,13-11-,19-17-,25-23-,28-27-. The zero-order valence-corrected chi connectivity index (χ0v) is 54.5. The number of aliphatic hydroxyl groups excluding tert-OH is 5. The molecule has 0 saturated carbocycles. The highest BCUT2D eigenvalue weighted by Gasteiger charge is 2.44. The largest absolute Gasteiger partial charge is 0.394 e. The fourth-order valence-corrected chi connectivity index (χ4v) is 11.5. The van der Waals surface area contributed by atoms with Crippen molar-refractivity contribution in [2.45, 2.75) is 391 Å². The minimum absolute atomic E-state index is 0.134. The summed E-state index contributed by atoms with van der Waals surface area (Å²) < 4.78 is 11.4. The van der Waals surface area contributed by atoms with Crippen molar-refractivity contribution in [3.8, 4) is 0 Å². The van der Waals surface area contributed by atoms with Gasteiger partial charge in [-0.05, 0) is 57.8 Å². The van der Waals surface area contributed by atoms with E-state index in [2.05, 4.69) is 79.9 Å². The maximum atomic E-state index is 13.2. The lowest BCUT2D eigenvalue weighted by Crippen LogP contribution is -2.60. The quantitative estimate of drug-likeness (QED) is 0.0261. The molecule has 7 atom stereocenters. The zero-order chi connectivity index (χ0) is 60.0. The molecule has 0 bridgehead atoms. The lowest BCUT2D eigenvalue weighted by atomic mass is 9.99. The molecular weight excluding hydrogens is 1030 g/mol. The summed E-state index contributed by atoms with van der Waals surface area (Å²) >= 11 is 0. The van der Waals surface area contributed by atoms with E-state index in [1.165, 1.54) is 250 Å². The minimum Gasteiger partial charge on any atom is -0.394 e. The molecule has 0 aromatic rings. The van der Waals surface area contributed by atoms with E-state index in [-0.39, 0.29) is 12.5 Å². The van der Waals surface area contributed by atoms with Crippen molar-refractivity contribution < 1.29 is 39.8 Å². The summed E-state index contributed by atoms with van der Waals surface area (Å²) in [6, 6.07) is -0.719. The second kappa shape index (κ2) is 62.9. The van der Waals surface area contributed by atoms with Gasteiger partial charge in [0.1, 0.15) is 24.4 Å². The number of nitrogens with one attached hydrogen (secondary N) is 1. The van der Waals surface area contributed by atoms with E-state index in [0.717, 1.165) is 70.6 Å². The molecule has 1 rings (SSSR count). The molecule has 1 aliphatic heterocycles. The monoisotopic (exact) mass is 1170 g/mol. The Bertz CT molecular complexity index is 1500. The highest BCUT2D eigenvalue weighted by atomic mass is 16.7. The molecule has 9 heteroatoms. The van der Waals surface area contributed by atoms with Crippen molar-refractivity contribution in [2.24, 2.45) is 0 Å².